The van der Waals surface area contributed by atoms with E-state index in [-0.39, 0.29) is 17.6 Å². The number of pyridine rings is 2. The Kier molecular flexibility index (Phi) is 6.05. The maximum Gasteiger partial charge on any atom is 0.252 e. The number of nitrogens with zero attached hydrogens (tertiary/aromatic N) is 7. The van der Waals surface area contributed by atoms with Crippen molar-refractivity contribution in [3.05, 3.63) is 80.3 Å². The highest BCUT2D eigenvalue weighted by molar-refractivity contribution is 9.10. The Hall–Kier alpha value is -3.55. The van der Waals surface area contributed by atoms with Gasteiger partial charge in [0.2, 0.25) is 5.89 Å². The van der Waals surface area contributed by atoms with Gasteiger partial charge in [-0.1, -0.05) is 33.2 Å². The van der Waals surface area contributed by atoms with Crippen LogP contribution in [0, 0.1) is 11.3 Å². The second-order valence-corrected chi connectivity index (χ2v) is 10.8. The van der Waals surface area contributed by atoms with Gasteiger partial charge in [0.25, 0.3) is 5.56 Å². The van der Waals surface area contributed by atoms with E-state index in [9.17, 15) is 10.1 Å². The number of benzene rings is 1. The molecule has 2 fully saturated rings. The first-order valence-corrected chi connectivity index (χ1v) is 13.2. The van der Waals surface area contributed by atoms with E-state index in [1.807, 2.05) is 12.1 Å². The first-order valence-electron chi connectivity index (χ1n) is 12.4. The lowest BCUT2D eigenvalue weighted by Crippen LogP contribution is -2.53. The molecule has 1 saturated carbocycles. The molecule has 1 aliphatic heterocycles. The zero-order valence-electron chi connectivity index (χ0n) is 20.6. The summed E-state index contributed by atoms with van der Waals surface area (Å²) in [6, 6.07) is 15.3. The SMILES string of the molecule is C[C@H]1CN(C(c2ccc(Br)cc2)c2nc(C3CC3)no2)CCN1c1cc(=O)n(C)c2ccc(C#N)nc12. The molecule has 1 aliphatic carbocycles. The number of rotatable bonds is 5. The smallest absolute Gasteiger partial charge is 0.252 e. The van der Waals surface area contributed by atoms with Gasteiger partial charge in [0.15, 0.2) is 5.82 Å². The van der Waals surface area contributed by atoms with E-state index in [0.717, 1.165) is 47.5 Å². The van der Waals surface area contributed by atoms with Crippen molar-refractivity contribution in [1.82, 2.24) is 24.6 Å². The fraction of sp³-hybridized carbons (Fsp3) is 0.370. The zero-order valence-corrected chi connectivity index (χ0v) is 22.2. The molecule has 3 aromatic heterocycles. The fourth-order valence-corrected chi connectivity index (χ4v) is 5.46. The van der Waals surface area contributed by atoms with Crippen LogP contribution in [0.25, 0.3) is 11.0 Å². The molecule has 0 bridgehead atoms. The molecule has 4 aromatic rings. The van der Waals surface area contributed by atoms with Gasteiger partial charge in [-0.05, 0) is 49.6 Å². The highest BCUT2D eigenvalue weighted by atomic mass is 79.9. The molecule has 1 unspecified atom stereocenters. The third-order valence-corrected chi connectivity index (χ3v) is 7.86. The number of aryl methyl sites for hydroxylation is 1. The van der Waals surface area contributed by atoms with Crippen LogP contribution >= 0.6 is 15.9 Å². The van der Waals surface area contributed by atoms with Crippen LogP contribution in [-0.2, 0) is 7.05 Å². The lowest BCUT2D eigenvalue weighted by Gasteiger charge is -2.43. The van der Waals surface area contributed by atoms with Gasteiger partial charge < -0.3 is 14.0 Å². The quantitative estimate of drug-likeness (QED) is 0.359. The zero-order chi connectivity index (χ0) is 25.7. The molecule has 6 rings (SSSR count). The predicted molar refractivity (Wildman–Crippen MR) is 142 cm³/mol. The van der Waals surface area contributed by atoms with Crippen LogP contribution in [0.4, 0.5) is 5.69 Å². The van der Waals surface area contributed by atoms with E-state index in [4.69, 9.17) is 9.51 Å². The summed E-state index contributed by atoms with van der Waals surface area (Å²) in [7, 11) is 1.73. The molecule has 0 radical (unpaired) electrons. The van der Waals surface area contributed by atoms with Crippen molar-refractivity contribution in [2.75, 3.05) is 24.5 Å². The number of piperazine rings is 1. The minimum Gasteiger partial charge on any atom is -0.364 e. The molecule has 1 saturated heterocycles. The number of nitriles is 1. The Morgan fingerprint density at radius 1 is 1.14 bits per heavy atom. The van der Waals surface area contributed by atoms with Crippen molar-refractivity contribution in [2.45, 2.75) is 37.8 Å². The molecule has 10 heteroatoms. The van der Waals surface area contributed by atoms with Gasteiger partial charge in [-0.3, -0.25) is 9.69 Å². The number of halogens is 1. The highest BCUT2D eigenvalue weighted by Gasteiger charge is 2.36. The lowest BCUT2D eigenvalue weighted by molar-refractivity contribution is 0.159. The van der Waals surface area contributed by atoms with Crippen LogP contribution in [0.5, 0.6) is 0 Å². The summed E-state index contributed by atoms with van der Waals surface area (Å²) in [6.45, 7) is 4.27. The van der Waals surface area contributed by atoms with E-state index in [1.54, 1.807) is 29.8 Å². The molecule has 0 amide bonds. The average molecular weight is 560 g/mol. The summed E-state index contributed by atoms with van der Waals surface area (Å²) in [6.07, 6.45) is 2.23. The lowest BCUT2D eigenvalue weighted by atomic mass is 10.0. The van der Waals surface area contributed by atoms with Gasteiger partial charge in [-0.15, -0.1) is 0 Å². The number of hydrogen-bond acceptors (Lipinski definition) is 8. The van der Waals surface area contributed by atoms with Crippen LogP contribution in [0.3, 0.4) is 0 Å². The Balaban J connectivity index is 1.34. The topological polar surface area (TPSA) is 104 Å². The van der Waals surface area contributed by atoms with Crippen LogP contribution in [-0.4, -0.2) is 50.3 Å². The third-order valence-electron chi connectivity index (χ3n) is 7.34. The van der Waals surface area contributed by atoms with Gasteiger partial charge in [-0.25, -0.2) is 4.98 Å². The Morgan fingerprint density at radius 3 is 2.62 bits per heavy atom. The van der Waals surface area contributed by atoms with Crippen LogP contribution in [0.2, 0.25) is 0 Å². The molecule has 2 aliphatic rings. The Bertz CT molecular complexity index is 1570. The summed E-state index contributed by atoms with van der Waals surface area (Å²) in [5.74, 6) is 1.83. The molecule has 188 valence electrons. The maximum atomic E-state index is 12.8. The van der Waals surface area contributed by atoms with E-state index >= 15 is 0 Å². The van der Waals surface area contributed by atoms with Gasteiger partial charge in [-0.2, -0.15) is 10.2 Å². The highest BCUT2D eigenvalue weighted by Crippen LogP contribution is 2.40. The second-order valence-electron chi connectivity index (χ2n) is 9.86. The fourth-order valence-electron chi connectivity index (χ4n) is 5.19. The van der Waals surface area contributed by atoms with Gasteiger partial charge >= 0.3 is 0 Å². The monoisotopic (exact) mass is 559 g/mol. The van der Waals surface area contributed by atoms with E-state index in [2.05, 4.69) is 61.0 Å². The summed E-state index contributed by atoms with van der Waals surface area (Å²) < 4.78 is 8.40. The molecule has 2 atom stereocenters. The molecule has 37 heavy (non-hydrogen) atoms. The van der Waals surface area contributed by atoms with Crippen molar-refractivity contribution in [3.8, 4) is 6.07 Å². The van der Waals surface area contributed by atoms with Gasteiger partial charge in [0, 0.05) is 49.2 Å². The number of fused-ring (bicyclic) bond motifs is 1. The first-order chi connectivity index (χ1) is 17.9. The number of anilines is 1. The van der Waals surface area contributed by atoms with Gasteiger partial charge in [0.05, 0.1) is 11.2 Å². The Labute approximate surface area is 222 Å². The summed E-state index contributed by atoms with van der Waals surface area (Å²) >= 11 is 3.54. The average Bonchev–Trinajstić information content (AvgIpc) is 3.65. The van der Waals surface area contributed by atoms with Crippen LogP contribution < -0.4 is 10.5 Å². The van der Waals surface area contributed by atoms with Crippen molar-refractivity contribution in [2.24, 2.45) is 7.05 Å². The molecule has 1 aromatic carbocycles. The molecule has 0 spiro atoms. The van der Waals surface area contributed by atoms with Crippen LogP contribution in [0.1, 0.15) is 54.7 Å². The number of hydrogen-bond donors (Lipinski definition) is 0. The number of aromatic nitrogens is 4. The molecular weight excluding hydrogens is 534 g/mol. The van der Waals surface area contributed by atoms with E-state index < -0.39 is 0 Å². The molecular formula is C27H26BrN7O2. The summed E-state index contributed by atoms with van der Waals surface area (Å²) in [5.41, 5.74) is 3.46. The first kappa shape index (κ1) is 23.8. The van der Waals surface area contributed by atoms with Crippen molar-refractivity contribution >= 4 is 32.7 Å². The minimum atomic E-state index is -0.165. The normalized spacial score (nSPS) is 19.2. The van der Waals surface area contributed by atoms with Gasteiger partial charge in [0.1, 0.15) is 23.3 Å². The minimum absolute atomic E-state index is 0.0698. The largest absolute Gasteiger partial charge is 0.364 e. The van der Waals surface area contributed by atoms with Crippen LogP contribution in [0.15, 0.2) is 56.3 Å². The summed E-state index contributed by atoms with van der Waals surface area (Å²) in [5, 5.41) is 13.7. The van der Waals surface area contributed by atoms with E-state index in [1.165, 1.54) is 0 Å². The molecule has 0 N–H and O–H groups in total. The molecule has 9 nitrogen and oxygen atoms in total. The maximum absolute atomic E-state index is 12.8. The van der Waals surface area contributed by atoms with Crippen molar-refractivity contribution < 1.29 is 4.52 Å². The van der Waals surface area contributed by atoms with E-state index in [0.29, 0.717) is 35.1 Å². The summed E-state index contributed by atoms with van der Waals surface area (Å²) in [4.78, 5) is 26.8. The third kappa shape index (κ3) is 4.43. The second kappa shape index (κ2) is 9.39. The predicted octanol–water partition coefficient (Wildman–Crippen LogP) is 4.13. The Morgan fingerprint density at radius 2 is 1.92 bits per heavy atom. The molecule has 4 heterocycles. The van der Waals surface area contributed by atoms with Crippen molar-refractivity contribution in [3.63, 3.8) is 0 Å². The van der Waals surface area contributed by atoms with Crippen molar-refractivity contribution in [1.29, 1.82) is 5.26 Å². The standard InChI is InChI=1S/C27H26BrN7O2/c1-16-15-34(25(17-5-7-19(28)8-6-17)27-31-26(32-37-27)18-3-4-18)11-12-35(16)22-13-23(36)33(2)21-10-9-20(14-29)30-24(21)22/h5-10,13,16,18,25H,3-4,11-12,15H2,1-2H3/t16-,25?/m0/s1.